The maximum atomic E-state index is 13.2. The fourth-order valence-corrected chi connectivity index (χ4v) is 2.44. The molecule has 0 atom stereocenters. The van der Waals surface area contributed by atoms with Crippen LogP contribution in [-0.2, 0) is 10.0 Å². The molecule has 0 radical (unpaired) electrons. The highest BCUT2D eigenvalue weighted by atomic mass is 32.2. The summed E-state index contributed by atoms with van der Waals surface area (Å²) >= 11 is 0. The molecular formula is C12H18FNO3S. The van der Waals surface area contributed by atoms with Crippen LogP contribution >= 0.6 is 0 Å². The van der Waals surface area contributed by atoms with Crippen molar-refractivity contribution in [1.29, 1.82) is 0 Å². The monoisotopic (exact) mass is 275 g/mol. The molecule has 0 saturated carbocycles. The fraction of sp³-hybridized carbons (Fsp3) is 0.500. The molecule has 0 aliphatic rings. The van der Waals surface area contributed by atoms with Gasteiger partial charge in [0.05, 0.1) is 12.0 Å². The Labute approximate surface area is 107 Å². The Kier molecular flexibility index (Phi) is 5.10. The van der Waals surface area contributed by atoms with Gasteiger partial charge < -0.3 is 4.74 Å². The zero-order valence-corrected chi connectivity index (χ0v) is 11.6. The number of nitrogens with one attached hydrogen (secondary N) is 1. The SMILES string of the molecule is COc1cc(S(=O)(=O)NCCC(C)C)ccc1F. The second-order valence-electron chi connectivity index (χ2n) is 4.38. The van der Waals surface area contributed by atoms with Crippen molar-refractivity contribution in [3.63, 3.8) is 0 Å². The van der Waals surface area contributed by atoms with Crippen LogP contribution in [0.5, 0.6) is 5.75 Å². The predicted octanol–water partition coefficient (Wildman–Crippen LogP) is 2.16. The Balaban J connectivity index is 2.85. The summed E-state index contributed by atoms with van der Waals surface area (Å²) in [5, 5.41) is 0. The molecule has 0 aliphatic carbocycles. The Morgan fingerprint density at radius 3 is 2.61 bits per heavy atom. The number of sulfonamides is 1. The maximum Gasteiger partial charge on any atom is 0.240 e. The number of halogens is 1. The quantitative estimate of drug-likeness (QED) is 0.865. The van der Waals surface area contributed by atoms with Crippen LogP contribution in [0.25, 0.3) is 0 Å². The van der Waals surface area contributed by atoms with E-state index in [2.05, 4.69) is 4.72 Å². The molecule has 0 heterocycles. The second-order valence-corrected chi connectivity index (χ2v) is 6.14. The normalized spacial score (nSPS) is 11.8. The molecule has 4 nitrogen and oxygen atoms in total. The molecule has 0 spiro atoms. The lowest BCUT2D eigenvalue weighted by atomic mass is 10.1. The zero-order chi connectivity index (χ0) is 13.8. The lowest BCUT2D eigenvalue weighted by Crippen LogP contribution is -2.25. The lowest BCUT2D eigenvalue weighted by Gasteiger charge is -2.09. The van der Waals surface area contributed by atoms with Crippen LogP contribution < -0.4 is 9.46 Å². The van der Waals surface area contributed by atoms with Gasteiger partial charge >= 0.3 is 0 Å². The van der Waals surface area contributed by atoms with Crippen molar-refractivity contribution in [2.24, 2.45) is 5.92 Å². The van der Waals surface area contributed by atoms with Crippen molar-refractivity contribution in [1.82, 2.24) is 4.72 Å². The van der Waals surface area contributed by atoms with Gasteiger partial charge in [0.2, 0.25) is 10.0 Å². The number of hydrogen-bond acceptors (Lipinski definition) is 3. The Morgan fingerprint density at radius 2 is 2.06 bits per heavy atom. The van der Waals surface area contributed by atoms with Gasteiger partial charge in [-0.05, 0) is 24.5 Å². The van der Waals surface area contributed by atoms with Crippen molar-refractivity contribution >= 4 is 10.0 Å². The van der Waals surface area contributed by atoms with E-state index in [9.17, 15) is 12.8 Å². The molecule has 1 N–H and O–H groups in total. The largest absolute Gasteiger partial charge is 0.494 e. The number of rotatable bonds is 6. The van der Waals surface area contributed by atoms with Crippen LogP contribution in [0.1, 0.15) is 20.3 Å². The summed E-state index contributed by atoms with van der Waals surface area (Å²) < 4.78 is 44.2. The third kappa shape index (κ3) is 3.96. The highest BCUT2D eigenvalue weighted by Crippen LogP contribution is 2.21. The number of hydrogen-bond donors (Lipinski definition) is 1. The van der Waals surface area contributed by atoms with Crippen LogP contribution in [-0.4, -0.2) is 22.1 Å². The van der Waals surface area contributed by atoms with E-state index >= 15 is 0 Å². The average Bonchev–Trinajstić information content (AvgIpc) is 2.28. The zero-order valence-electron chi connectivity index (χ0n) is 10.7. The van der Waals surface area contributed by atoms with Gasteiger partial charge in [-0.25, -0.2) is 17.5 Å². The summed E-state index contributed by atoms with van der Waals surface area (Å²) in [4.78, 5) is 0.00417. The lowest BCUT2D eigenvalue weighted by molar-refractivity contribution is 0.385. The van der Waals surface area contributed by atoms with Crippen LogP contribution in [0.4, 0.5) is 4.39 Å². The van der Waals surface area contributed by atoms with E-state index in [1.807, 2.05) is 13.8 Å². The number of benzene rings is 1. The molecule has 0 unspecified atom stereocenters. The molecule has 0 fully saturated rings. The molecule has 1 aromatic carbocycles. The molecule has 0 saturated heterocycles. The van der Waals surface area contributed by atoms with Crippen LogP contribution in [0, 0.1) is 11.7 Å². The van der Waals surface area contributed by atoms with E-state index in [-0.39, 0.29) is 10.6 Å². The Bertz CT molecular complexity index is 500. The second kappa shape index (κ2) is 6.15. The van der Waals surface area contributed by atoms with E-state index in [0.29, 0.717) is 12.5 Å². The van der Waals surface area contributed by atoms with Gasteiger partial charge in [0.15, 0.2) is 11.6 Å². The van der Waals surface area contributed by atoms with Crippen molar-refractivity contribution < 1.29 is 17.5 Å². The molecule has 6 heteroatoms. The molecule has 0 aromatic heterocycles. The van der Waals surface area contributed by atoms with Crippen LogP contribution in [0.3, 0.4) is 0 Å². The van der Waals surface area contributed by atoms with Gasteiger partial charge in [-0.15, -0.1) is 0 Å². The van der Waals surface area contributed by atoms with Gasteiger partial charge in [0.1, 0.15) is 0 Å². The summed E-state index contributed by atoms with van der Waals surface area (Å²) in [6.07, 6.45) is 0.748. The van der Waals surface area contributed by atoms with Gasteiger partial charge in [-0.2, -0.15) is 0 Å². The van der Waals surface area contributed by atoms with Crippen LogP contribution in [0.2, 0.25) is 0 Å². The van der Waals surface area contributed by atoms with E-state index in [4.69, 9.17) is 4.74 Å². The van der Waals surface area contributed by atoms with Crippen molar-refractivity contribution in [3.8, 4) is 5.75 Å². The first-order valence-corrected chi connectivity index (χ1v) is 7.18. The van der Waals surface area contributed by atoms with E-state index in [1.54, 1.807) is 0 Å². The fourth-order valence-electron chi connectivity index (χ4n) is 1.37. The van der Waals surface area contributed by atoms with Gasteiger partial charge in [0.25, 0.3) is 0 Å². The minimum atomic E-state index is -3.60. The minimum Gasteiger partial charge on any atom is -0.494 e. The average molecular weight is 275 g/mol. The standard InChI is InChI=1S/C12H18FNO3S/c1-9(2)6-7-14-18(15,16)10-4-5-11(13)12(8-10)17-3/h4-5,8-9,14H,6-7H2,1-3H3. The van der Waals surface area contributed by atoms with Crippen molar-refractivity contribution in [2.45, 2.75) is 25.2 Å². The summed E-state index contributed by atoms with van der Waals surface area (Å²) in [5.74, 6) is -0.254. The van der Waals surface area contributed by atoms with Gasteiger partial charge in [-0.1, -0.05) is 13.8 Å². The van der Waals surface area contributed by atoms with E-state index in [1.165, 1.54) is 19.2 Å². The molecular weight excluding hydrogens is 257 g/mol. The smallest absolute Gasteiger partial charge is 0.240 e. The molecule has 0 amide bonds. The predicted molar refractivity (Wildman–Crippen MR) is 67.6 cm³/mol. The third-order valence-corrected chi connectivity index (χ3v) is 3.91. The highest BCUT2D eigenvalue weighted by Gasteiger charge is 2.16. The Morgan fingerprint density at radius 1 is 1.39 bits per heavy atom. The van der Waals surface area contributed by atoms with E-state index < -0.39 is 15.8 Å². The molecule has 18 heavy (non-hydrogen) atoms. The summed E-state index contributed by atoms with van der Waals surface area (Å²) in [5.41, 5.74) is 0. The first-order valence-electron chi connectivity index (χ1n) is 5.70. The first kappa shape index (κ1) is 14.9. The van der Waals surface area contributed by atoms with Crippen molar-refractivity contribution in [3.05, 3.63) is 24.0 Å². The molecule has 0 bridgehead atoms. The minimum absolute atomic E-state index is 0.00417. The van der Waals surface area contributed by atoms with E-state index in [0.717, 1.165) is 12.5 Å². The summed E-state index contributed by atoms with van der Waals surface area (Å²) in [6.45, 7) is 4.38. The molecule has 1 rings (SSSR count). The number of ether oxygens (including phenoxy) is 1. The first-order chi connectivity index (χ1) is 8.36. The summed E-state index contributed by atoms with van der Waals surface area (Å²) in [6, 6.07) is 3.47. The highest BCUT2D eigenvalue weighted by molar-refractivity contribution is 7.89. The van der Waals surface area contributed by atoms with Gasteiger partial charge in [-0.3, -0.25) is 0 Å². The molecule has 1 aromatic rings. The van der Waals surface area contributed by atoms with Gasteiger partial charge in [0, 0.05) is 12.6 Å². The third-order valence-electron chi connectivity index (χ3n) is 2.45. The Hall–Kier alpha value is -1.14. The van der Waals surface area contributed by atoms with Crippen molar-refractivity contribution in [2.75, 3.05) is 13.7 Å². The maximum absolute atomic E-state index is 13.2. The number of methoxy groups -OCH3 is 1. The topological polar surface area (TPSA) is 55.4 Å². The summed E-state index contributed by atoms with van der Waals surface area (Å²) in [7, 11) is -2.31. The molecule has 0 aliphatic heterocycles. The van der Waals surface area contributed by atoms with Crippen LogP contribution in [0.15, 0.2) is 23.1 Å². The molecule has 102 valence electrons.